The molecule has 1 aromatic carbocycles. The molecule has 26 heavy (non-hydrogen) atoms. The van der Waals surface area contributed by atoms with Crippen molar-refractivity contribution in [2.45, 2.75) is 5.16 Å². The number of nitrogens with zero attached hydrogens (tertiary/aromatic N) is 4. The van der Waals surface area contributed by atoms with E-state index in [1.807, 2.05) is 35.9 Å². The Morgan fingerprint density at radius 2 is 2.19 bits per heavy atom. The van der Waals surface area contributed by atoms with Crippen LogP contribution in [0.5, 0.6) is 0 Å². The second-order valence-corrected chi connectivity index (χ2v) is 7.74. The molecule has 0 unspecified atom stereocenters. The average Bonchev–Trinajstić information content (AvgIpc) is 3.19. The molecule has 1 N–H and O–H groups in total. The van der Waals surface area contributed by atoms with Crippen molar-refractivity contribution in [1.82, 2.24) is 20.2 Å². The summed E-state index contributed by atoms with van der Waals surface area (Å²) < 4.78 is 8.67. The lowest BCUT2D eigenvalue weighted by Crippen LogP contribution is -2.19. The van der Waals surface area contributed by atoms with E-state index in [4.69, 9.17) is 4.42 Å². The first kappa shape index (κ1) is 18.9. The van der Waals surface area contributed by atoms with Gasteiger partial charge >= 0.3 is 0 Å². The molecular formula is C16H13Br2N5O2S. The third kappa shape index (κ3) is 4.83. The van der Waals surface area contributed by atoms with Crippen LogP contribution >= 0.6 is 43.6 Å². The average molecular weight is 499 g/mol. The first-order valence-corrected chi connectivity index (χ1v) is 9.95. The van der Waals surface area contributed by atoms with Gasteiger partial charge in [-0.1, -0.05) is 39.8 Å². The molecule has 0 aliphatic carbocycles. The van der Waals surface area contributed by atoms with Crippen molar-refractivity contribution in [3.05, 3.63) is 51.3 Å². The number of hydrogen-bond donors (Lipinski definition) is 1. The summed E-state index contributed by atoms with van der Waals surface area (Å²) >= 11 is 7.93. The highest BCUT2D eigenvalue weighted by Crippen LogP contribution is 2.24. The van der Waals surface area contributed by atoms with Crippen LogP contribution in [0.15, 0.2) is 60.2 Å². The van der Waals surface area contributed by atoms with Crippen molar-refractivity contribution in [3.63, 3.8) is 0 Å². The van der Waals surface area contributed by atoms with E-state index in [2.05, 4.69) is 52.6 Å². The van der Waals surface area contributed by atoms with Gasteiger partial charge in [0.05, 0.1) is 12.0 Å². The highest BCUT2D eigenvalue weighted by Gasteiger charge is 2.13. The van der Waals surface area contributed by atoms with Crippen LogP contribution in [-0.2, 0) is 11.8 Å². The molecular weight excluding hydrogens is 486 g/mol. The Bertz CT molecular complexity index is 954. The molecule has 1 amide bonds. The Morgan fingerprint density at radius 3 is 2.92 bits per heavy atom. The summed E-state index contributed by atoms with van der Waals surface area (Å²) in [6, 6.07) is 11.3. The van der Waals surface area contributed by atoms with Crippen LogP contribution in [-0.4, -0.2) is 32.6 Å². The standard InChI is InChI=1S/C16H13Br2N5O2S/c1-23-15(10-3-2-4-11(17)7-10)21-22-16(23)26-9-14(24)20-19-8-12-5-6-13(18)25-12/h2-8H,9H2,1H3,(H,20,24). The third-order valence-electron chi connectivity index (χ3n) is 3.23. The monoisotopic (exact) mass is 497 g/mol. The molecule has 0 saturated carbocycles. The molecule has 0 fully saturated rings. The molecule has 7 nitrogen and oxygen atoms in total. The summed E-state index contributed by atoms with van der Waals surface area (Å²) in [4.78, 5) is 11.9. The molecule has 3 rings (SSSR count). The van der Waals surface area contributed by atoms with E-state index in [9.17, 15) is 4.79 Å². The first-order chi connectivity index (χ1) is 12.5. The Labute approximate surface area is 170 Å². The zero-order chi connectivity index (χ0) is 18.5. The number of halogens is 2. The van der Waals surface area contributed by atoms with Crippen LogP contribution < -0.4 is 5.43 Å². The van der Waals surface area contributed by atoms with Crippen LogP contribution in [0.1, 0.15) is 5.76 Å². The third-order valence-corrected chi connectivity index (χ3v) is 5.16. The van der Waals surface area contributed by atoms with Gasteiger partial charge in [0.15, 0.2) is 15.7 Å². The Hall–Kier alpha value is -1.91. The maximum atomic E-state index is 11.9. The summed E-state index contributed by atoms with van der Waals surface area (Å²) in [5.41, 5.74) is 3.39. The number of furan rings is 1. The van der Waals surface area contributed by atoms with Crippen molar-refractivity contribution in [2.75, 3.05) is 5.75 Å². The minimum atomic E-state index is -0.246. The van der Waals surface area contributed by atoms with Crippen LogP contribution in [0.3, 0.4) is 0 Å². The van der Waals surface area contributed by atoms with E-state index < -0.39 is 0 Å². The molecule has 2 aromatic heterocycles. The molecule has 0 spiro atoms. The number of thioether (sulfide) groups is 1. The number of amides is 1. The minimum absolute atomic E-state index is 0.170. The zero-order valence-corrected chi connectivity index (χ0v) is 17.5. The van der Waals surface area contributed by atoms with Crippen molar-refractivity contribution in [3.8, 4) is 11.4 Å². The SMILES string of the molecule is Cn1c(SCC(=O)NN=Cc2ccc(Br)o2)nnc1-c1cccc(Br)c1. The van der Waals surface area contributed by atoms with Gasteiger partial charge < -0.3 is 8.98 Å². The van der Waals surface area contributed by atoms with Gasteiger partial charge in [0.2, 0.25) is 0 Å². The van der Waals surface area contributed by atoms with Crippen molar-refractivity contribution >= 4 is 55.7 Å². The molecule has 0 saturated heterocycles. The molecule has 0 bridgehead atoms. The molecule has 0 aliphatic rings. The van der Waals surface area contributed by atoms with Gasteiger partial charge in [-0.05, 0) is 40.2 Å². The number of carbonyl (C=O) groups excluding carboxylic acids is 1. The lowest BCUT2D eigenvalue weighted by atomic mass is 10.2. The van der Waals surface area contributed by atoms with Crippen molar-refractivity contribution in [1.29, 1.82) is 0 Å². The van der Waals surface area contributed by atoms with Gasteiger partial charge in [-0.25, -0.2) is 5.43 Å². The van der Waals surface area contributed by atoms with Gasteiger partial charge in [0.1, 0.15) is 5.76 Å². The number of hydrazone groups is 1. The highest BCUT2D eigenvalue weighted by molar-refractivity contribution is 9.10. The molecule has 0 atom stereocenters. The topological polar surface area (TPSA) is 85.3 Å². The number of benzene rings is 1. The first-order valence-electron chi connectivity index (χ1n) is 7.38. The normalized spacial score (nSPS) is 11.2. The second-order valence-electron chi connectivity index (χ2n) is 5.10. The fourth-order valence-corrected chi connectivity index (χ4v) is 3.47. The summed E-state index contributed by atoms with van der Waals surface area (Å²) in [6.45, 7) is 0. The number of nitrogens with one attached hydrogen (secondary N) is 1. The smallest absolute Gasteiger partial charge is 0.250 e. The molecule has 10 heteroatoms. The predicted molar refractivity (Wildman–Crippen MR) is 107 cm³/mol. The summed E-state index contributed by atoms with van der Waals surface area (Å²) in [5.74, 6) is 1.19. The molecule has 2 heterocycles. The lowest BCUT2D eigenvalue weighted by molar-refractivity contribution is -0.118. The zero-order valence-electron chi connectivity index (χ0n) is 13.5. The van der Waals surface area contributed by atoms with E-state index in [-0.39, 0.29) is 11.7 Å². The van der Waals surface area contributed by atoms with Crippen LogP contribution in [0.2, 0.25) is 0 Å². The predicted octanol–water partition coefficient (Wildman–Crippen LogP) is 3.84. The van der Waals surface area contributed by atoms with Gasteiger partial charge in [-0.2, -0.15) is 5.10 Å². The Kier molecular flexibility index (Phi) is 6.28. The van der Waals surface area contributed by atoms with Gasteiger partial charge in [-0.15, -0.1) is 10.2 Å². The second kappa shape index (κ2) is 8.65. The van der Waals surface area contributed by atoms with Crippen molar-refractivity contribution in [2.24, 2.45) is 12.1 Å². The van der Waals surface area contributed by atoms with Crippen LogP contribution in [0.25, 0.3) is 11.4 Å². The Balaban J connectivity index is 1.56. The largest absolute Gasteiger partial charge is 0.448 e. The van der Waals surface area contributed by atoms with Crippen LogP contribution in [0, 0.1) is 0 Å². The summed E-state index contributed by atoms with van der Waals surface area (Å²) in [5, 5.41) is 12.8. The van der Waals surface area contributed by atoms with Crippen LogP contribution in [0.4, 0.5) is 0 Å². The van der Waals surface area contributed by atoms with Gasteiger partial charge in [0, 0.05) is 17.1 Å². The van der Waals surface area contributed by atoms with Crippen molar-refractivity contribution < 1.29 is 9.21 Å². The maximum Gasteiger partial charge on any atom is 0.250 e. The van der Waals surface area contributed by atoms with E-state index in [1.165, 1.54) is 18.0 Å². The van der Waals surface area contributed by atoms with E-state index in [0.29, 0.717) is 15.6 Å². The van der Waals surface area contributed by atoms with E-state index in [0.717, 1.165) is 15.9 Å². The minimum Gasteiger partial charge on any atom is -0.448 e. The number of rotatable bonds is 6. The van der Waals surface area contributed by atoms with E-state index in [1.54, 1.807) is 12.1 Å². The van der Waals surface area contributed by atoms with Gasteiger partial charge in [0.25, 0.3) is 5.91 Å². The summed E-state index contributed by atoms with van der Waals surface area (Å²) in [6.07, 6.45) is 1.43. The number of aromatic nitrogens is 3. The number of hydrogen-bond acceptors (Lipinski definition) is 6. The van der Waals surface area contributed by atoms with Gasteiger partial charge in [-0.3, -0.25) is 4.79 Å². The molecule has 0 radical (unpaired) electrons. The lowest BCUT2D eigenvalue weighted by Gasteiger charge is -2.04. The fraction of sp³-hybridized carbons (Fsp3) is 0.125. The van der Waals surface area contributed by atoms with E-state index >= 15 is 0 Å². The fourth-order valence-electron chi connectivity index (χ4n) is 2.05. The Morgan fingerprint density at radius 1 is 1.35 bits per heavy atom. The summed E-state index contributed by atoms with van der Waals surface area (Å²) in [7, 11) is 1.86. The number of carbonyl (C=O) groups is 1. The highest BCUT2D eigenvalue weighted by atomic mass is 79.9. The molecule has 134 valence electrons. The maximum absolute atomic E-state index is 11.9. The quantitative estimate of drug-likeness (QED) is 0.317. The molecule has 0 aliphatic heterocycles. The molecule has 3 aromatic rings.